The third-order valence-electron chi connectivity index (χ3n) is 3.11. The van der Waals surface area contributed by atoms with Crippen LogP contribution in [-0.4, -0.2) is 29.1 Å². The van der Waals surface area contributed by atoms with Crippen LogP contribution in [-0.2, 0) is 4.79 Å². The van der Waals surface area contributed by atoms with Gasteiger partial charge in [0.15, 0.2) is 0 Å². The Kier molecular flexibility index (Phi) is 5.45. The predicted molar refractivity (Wildman–Crippen MR) is 62.2 cm³/mol. The number of carboxylic acid groups (broad SMARTS) is 1. The molecule has 1 aliphatic rings. The summed E-state index contributed by atoms with van der Waals surface area (Å²) in [5.41, 5.74) is 0.886. The number of nitrogens with zero attached hydrogens (tertiary/aromatic N) is 1. The maximum atomic E-state index is 11.4. The topological polar surface area (TPSA) is 40.5 Å². The number of carbonyl (C=O) groups is 1. The van der Waals surface area contributed by atoms with Crippen molar-refractivity contribution in [1.29, 1.82) is 0 Å². The normalized spacial score (nSPS) is 18.1. The second-order valence-corrected chi connectivity index (χ2v) is 4.25. The Bertz CT molecular complexity index is 350. The maximum Gasteiger partial charge on any atom is 0.325 e. The number of benzene rings is 1. The van der Waals surface area contributed by atoms with Gasteiger partial charge < -0.3 is 17.5 Å². The summed E-state index contributed by atoms with van der Waals surface area (Å²) in [5, 5.41) is 9.34. The van der Waals surface area contributed by atoms with Crippen molar-refractivity contribution in [3.63, 3.8) is 0 Å². The number of aliphatic carboxylic acids is 1. The molecule has 1 heterocycles. The Morgan fingerprint density at radius 1 is 1.12 bits per heavy atom. The lowest BCUT2D eigenvalue weighted by atomic mass is 10.0. The van der Waals surface area contributed by atoms with Crippen LogP contribution in [0.15, 0.2) is 30.3 Å². The van der Waals surface area contributed by atoms with Crippen molar-refractivity contribution >= 4 is 5.97 Å². The predicted octanol–water partition coefficient (Wildman–Crippen LogP) is -0.698. The molecule has 2 rings (SSSR count). The minimum Gasteiger partial charge on any atom is -1.00 e. The summed E-state index contributed by atoms with van der Waals surface area (Å²) in [4.78, 5) is 13.4. The standard InChI is InChI=1S/C13H17NO2.ClH/c15-13(16)12(11-7-3-1-4-8-11)14-9-5-2-6-10-14;/h1,3-4,7-8,12H,2,5-6,9-10H2,(H,15,16);1H/p-1. The molecule has 0 saturated carbocycles. The maximum absolute atomic E-state index is 11.4. The monoisotopic (exact) mass is 254 g/mol. The van der Waals surface area contributed by atoms with Gasteiger partial charge >= 0.3 is 5.97 Å². The van der Waals surface area contributed by atoms with Crippen LogP contribution >= 0.6 is 0 Å². The highest BCUT2D eigenvalue weighted by Crippen LogP contribution is 2.24. The summed E-state index contributed by atoms with van der Waals surface area (Å²) in [6.45, 7) is 1.79. The van der Waals surface area contributed by atoms with Gasteiger partial charge in [-0.05, 0) is 31.5 Å². The van der Waals surface area contributed by atoms with Crippen molar-refractivity contribution in [1.82, 2.24) is 4.90 Å². The highest BCUT2D eigenvalue weighted by Gasteiger charge is 2.27. The van der Waals surface area contributed by atoms with Gasteiger partial charge in [-0.3, -0.25) is 9.69 Å². The van der Waals surface area contributed by atoms with E-state index in [0.717, 1.165) is 31.5 Å². The van der Waals surface area contributed by atoms with Crippen molar-refractivity contribution in [2.75, 3.05) is 13.1 Å². The Morgan fingerprint density at radius 3 is 2.24 bits per heavy atom. The molecule has 1 N–H and O–H groups in total. The highest BCUT2D eigenvalue weighted by molar-refractivity contribution is 5.75. The molecule has 17 heavy (non-hydrogen) atoms. The molecule has 3 nitrogen and oxygen atoms in total. The van der Waals surface area contributed by atoms with E-state index in [4.69, 9.17) is 0 Å². The lowest BCUT2D eigenvalue weighted by Gasteiger charge is -2.32. The van der Waals surface area contributed by atoms with Crippen LogP contribution < -0.4 is 12.4 Å². The molecule has 1 atom stereocenters. The summed E-state index contributed by atoms with van der Waals surface area (Å²) in [6, 6.07) is 9.03. The smallest absolute Gasteiger partial charge is 0.325 e. The number of rotatable bonds is 3. The van der Waals surface area contributed by atoms with Gasteiger partial charge in [-0.1, -0.05) is 36.8 Å². The van der Waals surface area contributed by atoms with E-state index in [9.17, 15) is 9.90 Å². The second-order valence-electron chi connectivity index (χ2n) is 4.25. The summed E-state index contributed by atoms with van der Waals surface area (Å²) >= 11 is 0. The van der Waals surface area contributed by atoms with Gasteiger partial charge in [-0.2, -0.15) is 0 Å². The van der Waals surface area contributed by atoms with Crippen molar-refractivity contribution in [2.45, 2.75) is 25.3 Å². The van der Waals surface area contributed by atoms with E-state index in [2.05, 4.69) is 4.90 Å². The number of likely N-dealkylation sites (tertiary alicyclic amines) is 1. The van der Waals surface area contributed by atoms with Crippen molar-refractivity contribution in [3.05, 3.63) is 35.9 Å². The molecule has 0 spiro atoms. The van der Waals surface area contributed by atoms with Crippen LogP contribution in [0, 0.1) is 0 Å². The molecule has 0 aromatic heterocycles. The van der Waals surface area contributed by atoms with Crippen LogP contribution in [0.2, 0.25) is 0 Å². The van der Waals surface area contributed by atoms with E-state index in [1.807, 2.05) is 30.3 Å². The number of halogens is 1. The molecule has 1 aromatic rings. The number of carboxylic acids is 1. The highest BCUT2D eigenvalue weighted by atomic mass is 35.5. The van der Waals surface area contributed by atoms with Gasteiger partial charge in [-0.15, -0.1) is 0 Å². The molecule has 0 bridgehead atoms. The Hall–Kier alpha value is -1.06. The molecule has 4 heteroatoms. The zero-order valence-corrected chi connectivity index (χ0v) is 10.4. The molecule has 94 valence electrons. The molecule has 0 radical (unpaired) electrons. The second kappa shape index (κ2) is 6.62. The Labute approximate surface area is 108 Å². The first-order chi connectivity index (χ1) is 7.79. The minimum atomic E-state index is -0.742. The Morgan fingerprint density at radius 2 is 1.71 bits per heavy atom. The van der Waals surface area contributed by atoms with Crippen LogP contribution in [0.4, 0.5) is 0 Å². The lowest BCUT2D eigenvalue weighted by molar-refractivity contribution is -0.144. The van der Waals surface area contributed by atoms with E-state index in [0.29, 0.717) is 0 Å². The fourth-order valence-electron chi connectivity index (χ4n) is 2.32. The van der Waals surface area contributed by atoms with Crippen molar-refractivity contribution < 1.29 is 22.3 Å². The SMILES string of the molecule is O=C(O)C(c1ccccc1)N1CCCCC1.[Cl-]. The zero-order chi connectivity index (χ0) is 11.4. The quantitative estimate of drug-likeness (QED) is 0.776. The van der Waals surface area contributed by atoms with Crippen LogP contribution in [0.1, 0.15) is 30.9 Å². The molecule has 0 amide bonds. The van der Waals surface area contributed by atoms with Gasteiger partial charge in [-0.25, -0.2) is 0 Å². The van der Waals surface area contributed by atoms with Crippen LogP contribution in [0.5, 0.6) is 0 Å². The van der Waals surface area contributed by atoms with Gasteiger partial charge in [0.05, 0.1) is 0 Å². The first-order valence-electron chi connectivity index (χ1n) is 5.81. The zero-order valence-electron chi connectivity index (χ0n) is 9.68. The summed E-state index contributed by atoms with van der Waals surface area (Å²) in [5.74, 6) is -0.742. The summed E-state index contributed by atoms with van der Waals surface area (Å²) < 4.78 is 0. The van der Waals surface area contributed by atoms with Crippen molar-refractivity contribution in [3.8, 4) is 0 Å². The molecule has 1 fully saturated rings. The summed E-state index contributed by atoms with van der Waals surface area (Å²) in [7, 11) is 0. The Balaban J connectivity index is 0.00000144. The summed E-state index contributed by atoms with van der Waals surface area (Å²) in [6.07, 6.45) is 3.44. The first kappa shape index (κ1) is 14.0. The largest absolute Gasteiger partial charge is 1.00 e. The average Bonchev–Trinajstić information content (AvgIpc) is 2.31. The van der Waals surface area contributed by atoms with Crippen LogP contribution in [0.25, 0.3) is 0 Å². The minimum absolute atomic E-state index is 0. The van der Waals surface area contributed by atoms with E-state index in [1.165, 1.54) is 6.42 Å². The molecule has 1 aromatic carbocycles. The molecular weight excluding hydrogens is 238 g/mol. The van der Waals surface area contributed by atoms with Gasteiger partial charge in [0, 0.05) is 0 Å². The fraction of sp³-hybridized carbons (Fsp3) is 0.462. The van der Waals surface area contributed by atoms with E-state index in [-0.39, 0.29) is 12.4 Å². The number of hydrogen-bond acceptors (Lipinski definition) is 2. The first-order valence-corrected chi connectivity index (χ1v) is 5.81. The third kappa shape index (κ3) is 3.45. The van der Waals surface area contributed by atoms with E-state index >= 15 is 0 Å². The number of piperidine rings is 1. The van der Waals surface area contributed by atoms with Crippen molar-refractivity contribution in [2.24, 2.45) is 0 Å². The van der Waals surface area contributed by atoms with E-state index in [1.54, 1.807) is 0 Å². The van der Waals surface area contributed by atoms with Gasteiger partial charge in [0.2, 0.25) is 0 Å². The third-order valence-corrected chi connectivity index (χ3v) is 3.11. The fourth-order valence-corrected chi connectivity index (χ4v) is 2.32. The van der Waals surface area contributed by atoms with Gasteiger partial charge in [0.1, 0.15) is 6.04 Å². The van der Waals surface area contributed by atoms with E-state index < -0.39 is 12.0 Å². The average molecular weight is 255 g/mol. The lowest BCUT2D eigenvalue weighted by Crippen LogP contribution is -3.00. The van der Waals surface area contributed by atoms with Gasteiger partial charge in [0.25, 0.3) is 0 Å². The molecule has 1 aliphatic heterocycles. The molecule has 0 aliphatic carbocycles. The molecule has 1 saturated heterocycles. The number of hydrogen-bond donors (Lipinski definition) is 1. The van der Waals surface area contributed by atoms with Crippen LogP contribution in [0.3, 0.4) is 0 Å². The molecular formula is C13H17ClNO2-. The molecule has 1 unspecified atom stereocenters.